The van der Waals surface area contributed by atoms with Gasteiger partial charge in [0.05, 0.1) is 17.4 Å². The number of rotatable bonds is 8. The predicted molar refractivity (Wildman–Crippen MR) is 122 cm³/mol. The van der Waals surface area contributed by atoms with Crippen LogP contribution < -0.4 is 10.6 Å². The van der Waals surface area contributed by atoms with Gasteiger partial charge >= 0.3 is 12.1 Å². The van der Waals surface area contributed by atoms with Crippen LogP contribution in [0.25, 0.3) is 11.1 Å². The quantitative estimate of drug-likeness (QED) is 0.570. The smallest absolute Gasteiger partial charge is 0.407 e. The van der Waals surface area contributed by atoms with Crippen LogP contribution in [0.1, 0.15) is 55.6 Å². The maximum absolute atomic E-state index is 12.9. The van der Waals surface area contributed by atoms with E-state index >= 15 is 0 Å². The van der Waals surface area contributed by atoms with Crippen molar-refractivity contribution in [2.75, 3.05) is 13.2 Å². The summed E-state index contributed by atoms with van der Waals surface area (Å²) in [6.45, 7) is 0.416. The van der Waals surface area contributed by atoms with Crippen LogP contribution >= 0.6 is 0 Å². The number of carboxylic acids is 1. The van der Waals surface area contributed by atoms with Crippen molar-refractivity contribution in [3.05, 3.63) is 59.7 Å². The summed E-state index contributed by atoms with van der Waals surface area (Å²) >= 11 is 0. The third kappa shape index (κ3) is 4.08. The molecule has 0 atom stereocenters. The molecule has 7 nitrogen and oxygen atoms in total. The summed E-state index contributed by atoms with van der Waals surface area (Å²) in [5, 5.41) is 14.9. The lowest BCUT2D eigenvalue weighted by Gasteiger charge is -2.42. The second-order valence-electron chi connectivity index (χ2n) is 9.62. The maximum atomic E-state index is 12.9. The van der Waals surface area contributed by atoms with Gasteiger partial charge in [-0.25, -0.2) is 4.79 Å². The van der Waals surface area contributed by atoms with Gasteiger partial charge in [-0.15, -0.1) is 0 Å². The molecule has 0 spiro atoms. The summed E-state index contributed by atoms with van der Waals surface area (Å²) in [6, 6.07) is 16.3. The Kier molecular flexibility index (Phi) is 5.35. The number of hydrogen-bond donors (Lipinski definition) is 3. The van der Waals surface area contributed by atoms with Gasteiger partial charge < -0.3 is 20.5 Å². The molecule has 2 saturated carbocycles. The van der Waals surface area contributed by atoms with E-state index in [2.05, 4.69) is 34.9 Å². The lowest BCUT2D eigenvalue weighted by Crippen LogP contribution is -2.57. The number of hydrogen-bond acceptors (Lipinski definition) is 4. The number of carbonyl (C=O) groups excluding carboxylic acids is 2. The molecule has 7 heteroatoms. The molecule has 2 aromatic rings. The second-order valence-corrected chi connectivity index (χ2v) is 9.62. The standard InChI is InChI=1S/C26H28N2O5/c29-22(30)14-26(10-5-11-26)28-23(31)25(12-13-25)16-27-24(32)33-15-21-19-8-3-1-6-17(19)18-7-2-4-9-20(18)21/h1-4,6-9,21H,5,10-16H2,(H,27,32)(H,28,31)(H,29,30). The van der Waals surface area contributed by atoms with Crippen molar-refractivity contribution in [3.63, 3.8) is 0 Å². The minimum atomic E-state index is -0.906. The predicted octanol–water partition coefficient (Wildman–Crippen LogP) is 3.82. The van der Waals surface area contributed by atoms with Gasteiger partial charge in [0.1, 0.15) is 6.61 Å². The Labute approximate surface area is 192 Å². The van der Waals surface area contributed by atoms with Gasteiger partial charge in [0.15, 0.2) is 0 Å². The monoisotopic (exact) mass is 448 g/mol. The minimum Gasteiger partial charge on any atom is -0.481 e. The third-order valence-corrected chi connectivity index (χ3v) is 7.43. The molecule has 2 fully saturated rings. The molecule has 0 radical (unpaired) electrons. The fourth-order valence-corrected chi connectivity index (χ4v) is 5.14. The largest absolute Gasteiger partial charge is 0.481 e. The summed E-state index contributed by atoms with van der Waals surface area (Å²) in [4.78, 5) is 36.5. The third-order valence-electron chi connectivity index (χ3n) is 7.43. The molecule has 3 N–H and O–H groups in total. The fourth-order valence-electron chi connectivity index (χ4n) is 5.14. The Morgan fingerprint density at radius 2 is 1.55 bits per heavy atom. The molecular weight excluding hydrogens is 420 g/mol. The van der Waals surface area contributed by atoms with Gasteiger partial charge in [-0.05, 0) is 54.4 Å². The van der Waals surface area contributed by atoms with Crippen LogP contribution in [0.5, 0.6) is 0 Å². The number of carboxylic acid groups (broad SMARTS) is 1. The number of nitrogens with one attached hydrogen (secondary N) is 2. The Bertz CT molecular complexity index is 1060. The summed E-state index contributed by atoms with van der Waals surface area (Å²) in [5.74, 6) is -1.09. The SMILES string of the molecule is O=C(O)CC1(NC(=O)C2(CNC(=O)OCC3c4ccccc4-c4ccccc43)CC2)CCC1. The molecule has 0 bridgehead atoms. The molecule has 0 aliphatic heterocycles. The number of carbonyl (C=O) groups is 3. The molecule has 2 amide bonds. The molecule has 0 saturated heterocycles. The first kappa shape index (κ1) is 21.5. The molecule has 33 heavy (non-hydrogen) atoms. The van der Waals surface area contributed by atoms with Crippen LogP contribution in [0.2, 0.25) is 0 Å². The first-order chi connectivity index (χ1) is 15.9. The zero-order chi connectivity index (χ0) is 23.1. The topological polar surface area (TPSA) is 105 Å². The highest BCUT2D eigenvalue weighted by Gasteiger charge is 2.53. The lowest BCUT2D eigenvalue weighted by atomic mass is 9.74. The highest BCUT2D eigenvalue weighted by atomic mass is 16.5. The normalized spacial score (nSPS) is 18.9. The number of ether oxygens (including phenoxy) is 1. The van der Waals surface area contributed by atoms with Crippen LogP contribution in [-0.4, -0.2) is 41.8 Å². The van der Waals surface area contributed by atoms with Gasteiger partial charge in [0, 0.05) is 12.5 Å². The van der Waals surface area contributed by atoms with E-state index in [9.17, 15) is 14.4 Å². The van der Waals surface area contributed by atoms with Crippen LogP contribution in [-0.2, 0) is 14.3 Å². The van der Waals surface area contributed by atoms with Crippen LogP contribution in [0.15, 0.2) is 48.5 Å². The number of fused-ring (bicyclic) bond motifs is 3. The molecular formula is C26H28N2O5. The van der Waals surface area contributed by atoms with Crippen LogP contribution in [0.4, 0.5) is 4.79 Å². The average Bonchev–Trinajstić information content (AvgIpc) is 3.51. The molecule has 172 valence electrons. The van der Waals surface area contributed by atoms with Crippen molar-refractivity contribution in [1.29, 1.82) is 0 Å². The summed E-state index contributed by atoms with van der Waals surface area (Å²) in [6.07, 6.45) is 3.02. The Balaban J connectivity index is 1.16. The fraction of sp³-hybridized carbons (Fsp3) is 0.423. The Morgan fingerprint density at radius 1 is 0.939 bits per heavy atom. The van der Waals surface area contributed by atoms with Crippen molar-refractivity contribution >= 4 is 18.0 Å². The van der Waals surface area contributed by atoms with Crippen molar-refractivity contribution in [1.82, 2.24) is 10.6 Å². The molecule has 5 rings (SSSR count). The van der Waals surface area contributed by atoms with E-state index in [0.717, 1.165) is 17.5 Å². The van der Waals surface area contributed by atoms with E-state index in [1.807, 2.05) is 24.3 Å². The lowest BCUT2D eigenvalue weighted by molar-refractivity contribution is -0.141. The zero-order valence-electron chi connectivity index (χ0n) is 18.4. The molecule has 0 aromatic heterocycles. The second kappa shape index (κ2) is 8.21. The minimum absolute atomic E-state index is 0.0178. The maximum Gasteiger partial charge on any atom is 0.407 e. The van der Waals surface area contributed by atoms with Crippen LogP contribution in [0.3, 0.4) is 0 Å². The van der Waals surface area contributed by atoms with E-state index in [4.69, 9.17) is 9.84 Å². The van der Waals surface area contributed by atoms with Crippen molar-refractivity contribution in [2.24, 2.45) is 5.41 Å². The van der Waals surface area contributed by atoms with E-state index < -0.39 is 23.0 Å². The molecule has 0 heterocycles. The Morgan fingerprint density at radius 3 is 2.06 bits per heavy atom. The summed E-state index contributed by atoms with van der Waals surface area (Å²) in [5.41, 5.74) is 3.33. The number of amides is 2. The number of benzene rings is 2. The van der Waals surface area contributed by atoms with Gasteiger partial charge in [-0.3, -0.25) is 9.59 Å². The summed E-state index contributed by atoms with van der Waals surface area (Å²) in [7, 11) is 0. The molecule has 3 aliphatic rings. The summed E-state index contributed by atoms with van der Waals surface area (Å²) < 4.78 is 5.57. The Hall–Kier alpha value is -3.35. The van der Waals surface area contributed by atoms with Crippen molar-refractivity contribution in [2.45, 2.75) is 50.0 Å². The number of alkyl carbamates (subject to hydrolysis) is 1. The van der Waals surface area contributed by atoms with Gasteiger partial charge in [0.25, 0.3) is 0 Å². The molecule has 2 aromatic carbocycles. The zero-order valence-corrected chi connectivity index (χ0v) is 18.4. The van der Waals surface area contributed by atoms with Crippen LogP contribution in [0, 0.1) is 5.41 Å². The average molecular weight is 449 g/mol. The highest BCUT2D eigenvalue weighted by Crippen LogP contribution is 2.47. The van der Waals surface area contributed by atoms with Gasteiger partial charge in [-0.2, -0.15) is 0 Å². The van der Waals surface area contributed by atoms with E-state index in [-0.39, 0.29) is 31.4 Å². The van der Waals surface area contributed by atoms with E-state index in [1.165, 1.54) is 11.1 Å². The first-order valence-corrected chi connectivity index (χ1v) is 11.5. The molecule has 3 aliphatic carbocycles. The van der Waals surface area contributed by atoms with Gasteiger partial charge in [-0.1, -0.05) is 48.5 Å². The van der Waals surface area contributed by atoms with Gasteiger partial charge in [0.2, 0.25) is 5.91 Å². The van der Waals surface area contributed by atoms with Crippen molar-refractivity contribution < 1.29 is 24.2 Å². The van der Waals surface area contributed by atoms with E-state index in [0.29, 0.717) is 25.7 Å². The first-order valence-electron chi connectivity index (χ1n) is 11.5. The van der Waals surface area contributed by atoms with E-state index in [1.54, 1.807) is 0 Å². The molecule has 0 unspecified atom stereocenters. The van der Waals surface area contributed by atoms with Crippen molar-refractivity contribution in [3.8, 4) is 11.1 Å². The highest BCUT2D eigenvalue weighted by molar-refractivity contribution is 5.87. The number of aliphatic carboxylic acids is 1.